The molecule has 26 heavy (non-hydrogen) atoms. The Labute approximate surface area is 154 Å². The Kier molecular flexibility index (Phi) is 9.35. The molecule has 0 aromatic heterocycles. The SMILES string of the molecule is [C-]#[N+]\C(=C/C=C/C=C/C=C/C=C/C=C/c1ccc(N(C)C)cc1)C(=O)O. The van der Waals surface area contributed by atoms with Gasteiger partial charge in [0.05, 0.1) is 6.57 Å². The molecule has 0 radical (unpaired) electrons. The number of allylic oxidation sites excluding steroid dienone is 10. The second kappa shape index (κ2) is 11.9. The zero-order chi connectivity index (χ0) is 19.2. The molecule has 0 saturated carbocycles. The fourth-order valence-corrected chi connectivity index (χ4v) is 1.80. The minimum atomic E-state index is -1.22. The molecule has 0 aliphatic heterocycles. The molecule has 0 spiro atoms. The van der Waals surface area contributed by atoms with Crippen molar-refractivity contribution < 1.29 is 9.90 Å². The number of rotatable bonds is 8. The highest BCUT2D eigenvalue weighted by Gasteiger charge is 2.02. The third-order valence-corrected chi connectivity index (χ3v) is 3.18. The summed E-state index contributed by atoms with van der Waals surface area (Å²) in [5.41, 5.74) is 2.00. The summed E-state index contributed by atoms with van der Waals surface area (Å²) in [5, 5.41) is 8.66. The van der Waals surface area contributed by atoms with Crippen molar-refractivity contribution >= 4 is 17.7 Å². The number of anilines is 1. The van der Waals surface area contributed by atoms with Crippen LogP contribution in [-0.4, -0.2) is 25.2 Å². The van der Waals surface area contributed by atoms with Gasteiger partial charge in [0.1, 0.15) is 0 Å². The van der Waals surface area contributed by atoms with E-state index in [0.717, 1.165) is 5.56 Å². The van der Waals surface area contributed by atoms with E-state index in [2.05, 4.69) is 34.0 Å². The fourth-order valence-electron chi connectivity index (χ4n) is 1.80. The Bertz CT molecular complexity index is 800. The minimum Gasteiger partial charge on any atom is -0.486 e. The van der Waals surface area contributed by atoms with Gasteiger partial charge in [0.2, 0.25) is 0 Å². The van der Waals surface area contributed by atoms with Gasteiger partial charge < -0.3 is 10.0 Å². The van der Waals surface area contributed by atoms with Gasteiger partial charge in [0, 0.05) is 19.8 Å². The lowest BCUT2D eigenvalue weighted by molar-refractivity contribution is -0.132. The first kappa shape index (κ1) is 20.5. The van der Waals surface area contributed by atoms with Crippen LogP contribution < -0.4 is 4.90 Å². The van der Waals surface area contributed by atoms with Crippen molar-refractivity contribution in [2.45, 2.75) is 0 Å². The van der Waals surface area contributed by atoms with Crippen LogP contribution in [0, 0.1) is 6.57 Å². The molecule has 1 aromatic rings. The Hall–Kier alpha value is -3.58. The summed E-state index contributed by atoms with van der Waals surface area (Å²) < 4.78 is 0. The van der Waals surface area contributed by atoms with Gasteiger partial charge in [-0.25, -0.2) is 4.85 Å². The topological polar surface area (TPSA) is 44.9 Å². The molecule has 0 bridgehead atoms. The molecular formula is C22H22N2O2. The predicted molar refractivity (Wildman–Crippen MR) is 109 cm³/mol. The average Bonchev–Trinajstić information content (AvgIpc) is 2.62. The maximum Gasteiger partial charge on any atom is 0.333 e. The molecule has 0 heterocycles. The molecule has 0 saturated heterocycles. The van der Waals surface area contributed by atoms with Crippen molar-refractivity contribution in [3.8, 4) is 0 Å². The summed E-state index contributed by atoms with van der Waals surface area (Å²) in [6, 6.07) is 8.30. The molecule has 1 N–H and O–H groups in total. The van der Waals surface area contributed by atoms with Crippen molar-refractivity contribution in [1.82, 2.24) is 0 Å². The first-order valence-corrected chi connectivity index (χ1v) is 7.98. The number of nitrogens with zero attached hydrogens (tertiary/aromatic N) is 2. The summed E-state index contributed by atoms with van der Waals surface area (Å²) in [6.45, 7) is 6.70. The molecule has 0 aliphatic rings. The summed E-state index contributed by atoms with van der Waals surface area (Å²) in [4.78, 5) is 15.6. The van der Waals surface area contributed by atoms with Crippen LogP contribution in [-0.2, 0) is 4.79 Å². The van der Waals surface area contributed by atoms with Crippen LogP contribution >= 0.6 is 0 Å². The van der Waals surface area contributed by atoms with E-state index in [4.69, 9.17) is 11.7 Å². The normalized spacial score (nSPS) is 12.7. The molecule has 0 atom stereocenters. The van der Waals surface area contributed by atoms with Crippen LogP contribution in [0.3, 0.4) is 0 Å². The predicted octanol–water partition coefficient (Wildman–Crippen LogP) is 4.88. The highest BCUT2D eigenvalue weighted by Crippen LogP contribution is 2.13. The van der Waals surface area contributed by atoms with Crippen LogP contribution in [0.5, 0.6) is 0 Å². The van der Waals surface area contributed by atoms with Crippen LogP contribution in [0.25, 0.3) is 10.9 Å². The van der Waals surface area contributed by atoms with E-state index in [9.17, 15) is 4.79 Å². The van der Waals surface area contributed by atoms with E-state index in [1.165, 1.54) is 17.8 Å². The number of carboxylic acid groups (broad SMARTS) is 1. The summed E-state index contributed by atoms with van der Waals surface area (Å²) in [6.07, 6.45) is 19.6. The highest BCUT2D eigenvalue weighted by atomic mass is 16.4. The van der Waals surface area contributed by atoms with E-state index in [1.807, 2.05) is 56.6 Å². The van der Waals surface area contributed by atoms with E-state index in [-0.39, 0.29) is 5.70 Å². The van der Waals surface area contributed by atoms with E-state index in [0.29, 0.717) is 0 Å². The summed E-state index contributed by atoms with van der Waals surface area (Å²) in [5.74, 6) is -1.22. The molecule has 0 amide bonds. The van der Waals surface area contributed by atoms with E-state index < -0.39 is 5.97 Å². The number of carbonyl (C=O) groups is 1. The molecular weight excluding hydrogens is 324 g/mol. The zero-order valence-electron chi connectivity index (χ0n) is 14.9. The number of carboxylic acids is 1. The van der Waals surface area contributed by atoms with Crippen LogP contribution in [0.1, 0.15) is 5.56 Å². The third kappa shape index (κ3) is 8.32. The summed E-state index contributed by atoms with van der Waals surface area (Å²) in [7, 11) is 4.03. The van der Waals surface area contributed by atoms with Gasteiger partial charge in [0.25, 0.3) is 5.70 Å². The Morgan fingerprint density at radius 3 is 1.88 bits per heavy atom. The molecule has 132 valence electrons. The van der Waals surface area contributed by atoms with Crippen molar-refractivity contribution in [1.29, 1.82) is 0 Å². The van der Waals surface area contributed by atoms with E-state index >= 15 is 0 Å². The van der Waals surface area contributed by atoms with Gasteiger partial charge >= 0.3 is 5.97 Å². The monoisotopic (exact) mass is 346 g/mol. The number of hydrogen-bond donors (Lipinski definition) is 1. The van der Waals surface area contributed by atoms with Gasteiger partial charge in [-0.2, -0.15) is 0 Å². The molecule has 0 aliphatic carbocycles. The molecule has 1 aromatic carbocycles. The second-order valence-corrected chi connectivity index (χ2v) is 5.35. The van der Waals surface area contributed by atoms with Gasteiger partial charge in [-0.05, 0) is 23.8 Å². The lowest BCUT2D eigenvalue weighted by atomic mass is 10.2. The highest BCUT2D eigenvalue weighted by molar-refractivity contribution is 5.88. The quantitative estimate of drug-likeness (QED) is 0.414. The summed E-state index contributed by atoms with van der Waals surface area (Å²) >= 11 is 0. The van der Waals surface area contributed by atoms with E-state index in [1.54, 1.807) is 12.2 Å². The first-order valence-electron chi connectivity index (χ1n) is 7.98. The average molecular weight is 346 g/mol. The van der Waals surface area contributed by atoms with Crippen molar-refractivity contribution in [3.63, 3.8) is 0 Å². The van der Waals surface area contributed by atoms with Gasteiger partial charge in [0.15, 0.2) is 0 Å². The van der Waals surface area contributed by atoms with Crippen LogP contribution in [0.15, 0.2) is 90.7 Å². The van der Waals surface area contributed by atoms with Crippen LogP contribution in [0.4, 0.5) is 5.69 Å². The number of aliphatic carboxylic acids is 1. The number of hydrogen-bond acceptors (Lipinski definition) is 2. The Morgan fingerprint density at radius 2 is 1.42 bits per heavy atom. The molecule has 0 fully saturated rings. The minimum absolute atomic E-state index is 0.309. The lowest BCUT2D eigenvalue weighted by Crippen LogP contribution is -2.07. The standard InChI is InChI=1S/C22H22N2O2/c1-23-21(22(25)26)14-12-10-8-6-4-5-7-9-11-13-19-15-17-20(18-16-19)24(2)3/h4-18H,2-3H3,(H,25,26)/b5-4+,8-6+,9-7+,12-10+,13-11+,21-14-. The molecule has 4 heteroatoms. The van der Waals surface area contributed by atoms with Gasteiger partial charge in [-0.15, -0.1) is 0 Å². The Balaban J connectivity index is 2.41. The first-order chi connectivity index (χ1) is 12.5. The van der Waals surface area contributed by atoms with Gasteiger partial charge in [-0.1, -0.05) is 72.9 Å². The number of benzene rings is 1. The zero-order valence-corrected chi connectivity index (χ0v) is 14.9. The maximum absolute atomic E-state index is 10.6. The third-order valence-electron chi connectivity index (χ3n) is 3.18. The van der Waals surface area contributed by atoms with Crippen molar-refractivity contribution in [2.24, 2.45) is 0 Å². The lowest BCUT2D eigenvalue weighted by Gasteiger charge is -2.11. The molecule has 1 rings (SSSR count). The maximum atomic E-state index is 10.6. The largest absolute Gasteiger partial charge is 0.486 e. The fraction of sp³-hybridized carbons (Fsp3) is 0.0909. The second-order valence-electron chi connectivity index (χ2n) is 5.35. The van der Waals surface area contributed by atoms with Crippen molar-refractivity contribution in [3.05, 3.63) is 108 Å². The Morgan fingerprint density at radius 1 is 0.923 bits per heavy atom. The van der Waals surface area contributed by atoms with Crippen LogP contribution in [0.2, 0.25) is 0 Å². The molecule has 0 unspecified atom stereocenters. The molecule has 4 nitrogen and oxygen atoms in total. The smallest absolute Gasteiger partial charge is 0.333 e. The van der Waals surface area contributed by atoms with Crippen molar-refractivity contribution in [2.75, 3.05) is 19.0 Å². The van der Waals surface area contributed by atoms with Gasteiger partial charge in [-0.3, -0.25) is 4.79 Å².